The van der Waals surface area contributed by atoms with Crippen LogP contribution in [0, 0.1) is 0 Å². The fourth-order valence-corrected chi connectivity index (χ4v) is 2.61. The third-order valence-corrected chi connectivity index (χ3v) is 3.85. The van der Waals surface area contributed by atoms with Crippen molar-refractivity contribution < 1.29 is 9.90 Å². The molecule has 0 aliphatic heterocycles. The molecule has 0 bridgehead atoms. The van der Waals surface area contributed by atoms with E-state index in [2.05, 4.69) is 10.6 Å². The number of amides is 2. The van der Waals surface area contributed by atoms with Crippen molar-refractivity contribution in [2.75, 3.05) is 11.9 Å². The largest absolute Gasteiger partial charge is 0.394 e. The quantitative estimate of drug-likeness (QED) is 0.797. The van der Waals surface area contributed by atoms with Gasteiger partial charge in [-0.25, -0.2) is 4.79 Å². The van der Waals surface area contributed by atoms with Gasteiger partial charge in [-0.05, 0) is 37.1 Å². The molecule has 0 unspecified atom stereocenters. The van der Waals surface area contributed by atoms with E-state index in [1.54, 1.807) is 24.3 Å². The van der Waals surface area contributed by atoms with Gasteiger partial charge < -0.3 is 15.7 Å². The molecule has 0 saturated heterocycles. The maximum atomic E-state index is 12.0. The molecule has 1 aliphatic carbocycles. The van der Waals surface area contributed by atoms with Crippen LogP contribution >= 0.6 is 11.6 Å². The first kappa shape index (κ1) is 14.2. The van der Waals surface area contributed by atoms with E-state index in [0.29, 0.717) is 10.7 Å². The predicted octanol–water partition coefficient (Wildman–Crippen LogP) is 3.16. The molecule has 1 fully saturated rings. The molecule has 2 rings (SSSR count). The average molecular weight is 283 g/mol. The summed E-state index contributed by atoms with van der Waals surface area (Å²) in [6.07, 6.45) is 4.92. The van der Waals surface area contributed by atoms with Crippen LogP contribution < -0.4 is 10.6 Å². The van der Waals surface area contributed by atoms with Crippen molar-refractivity contribution >= 4 is 23.3 Å². The second-order valence-electron chi connectivity index (χ2n) is 5.09. The second-order valence-corrected chi connectivity index (χ2v) is 5.52. The smallest absolute Gasteiger partial charge is 0.319 e. The van der Waals surface area contributed by atoms with Gasteiger partial charge in [0.05, 0.1) is 12.1 Å². The van der Waals surface area contributed by atoms with Crippen molar-refractivity contribution in [3.8, 4) is 0 Å². The van der Waals surface area contributed by atoms with E-state index in [0.717, 1.165) is 25.7 Å². The number of aliphatic hydroxyl groups excluding tert-OH is 1. The molecule has 1 aromatic rings. The van der Waals surface area contributed by atoms with E-state index >= 15 is 0 Å². The van der Waals surface area contributed by atoms with Crippen molar-refractivity contribution in [1.29, 1.82) is 0 Å². The molecule has 1 aromatic carbocycles. The molecule has 0 heterocycles. The molecule has 104 valence electrons. The number of hydrogen-bond donors (Lipinski definition) is 3. The van der Waals surface area contributed by atoms with Gasteiger partial charge in [0, 0.05) is 10.7 Å². The van der Waals surface area contributed by atoms with Crippen LogP contribution in [0.2, 0.25) is 5.02 Å². The van der Waals surface area contributed by atoms with Crippen LogP contribution in [-0.2, 0) is 0 Å². The van der Waals surface area contributed by atoms with Crippen molar-refractivity contribution in [3.05, 3.63) is 29.3 Å². The third-order valence-electron chi connectivity index (χ3n) is 3.59. The van der Waals surface area contributed by atoms with Crippen LogP contribution in [0.15, 0.2) is 24.3 Å². The van der Waals surface area contributed by atoms with E-state index in [1.165, 1.54) is 6.42 Å². The van der Waals surface area contributed by atoms with Crippen molar-refractivity contribution in [2.45, 2.75) is 37.6 Å². The number of carbonyl (C=O) groups is 1. The zero-order chi connectivity index (χ0) is 13.7. The molecular formula is C14H19ClN2O2. The van der Waals surface area contributed by atoms with Crippen LogP contribution in [0.4, 0.5) is 10.5 Å². The number of aliphatic hydroxyl groups is 1. The molecule has 1 saturated carbocycles. The van der Waals surface area contributed by atoms with Gasteiger partial charge in [0.2, 0.25) is 0 Å². The van der Waals surface area contributed by atoms with Gasteiger partial charge in [-0.1, -0.05) is 30.9 Å². The zero-order valence-corrected chi connectivity index (χ0v) is 11.5. The summed E-state index contributed by atoms with van der Waals surface area (Å²) in [6, 6.07) is 6.65. The first-order valence-electron chi connectivity index (χ1n) is 6.59. The topological polar surface area (TPSA) is 61.4 Å². The fraction of sp³-hybridized carbons (Fsp3) is 0.500. The molecule has 0 atom stereocenters. The van der Waals surface area contributed by atoms with E-state index in [9.17, 15) is 9.90 Å². The van der Waals surface area contributed by atoms with Crippen molar-refractivity contribution in [2.24, 2.45) is 0 Å². The highest BCUT2D eigenvalue weighted by atomic mass is 35.5. The van der Waals surface area contributed by atoms with Gasteiger partial charge in [0.25, 0.3) is 0 Å². The monoisotopic (exact) mass is 282 g/mol. The first-order chi connectivity index (χ1) is 9.13. The van der Waals surface area contributed by atoms with Crippen molar-refractivity contribution in [3.63, 3.8) is 0 Å². The molecule has 0 aromatic heterocycles. The molecule has 0 spiro atoms. The average Bonchev–Trinajstić information content (AvgIpc) is 2.42. The number of anilines is 1. The Morgan fingerprint density at radius 1 is 1.21 bits per heavy atom. The van der Waals surface area contributed by atoms with Crippen molar-refractivity contribution in [1.82, 2.24) is 5.32 Å². The number of hydrogen-bond acceptors (Lipinski definition) is 2. The maximum absolute atomic E-state index is 12.0. The summed E-state index contributed by atoms with van der Waals surface area (Å²) in [4.78, 5) is 12.0. The molecule has 2 amide bonds. The van der Waals surface area contributed by atoms with E-state index in [-0.39, 0.29) is 12.6 Å². The summed E-state index contributed by atoms with van der Waals surface area (Å²) in [6.45, 7) is -0.0129. The molecular weight excluding hydrogens is 264 g/mol. The molecule has 1 aliphatic rings. The number of nitrogens with one attached hydrogen (secondary N) is 2. The molecule has 4 nitrogen and oxygen atoms in total. The number of benzene rings is 1. The highest BCUT2D eigenvalue weighted by molar-refractivity contribution is 6.30. The first-order valence-corrected chi connectivity index (χ1v) is 6.97. The number of urea groups is 1. The predicted molar refractivity (Wildman–Crippen MR) is 76.5 cm³/mol. The number of carbonyl (C=O) groups excluding carboxylic acids is 1. The highest BCUT2D eigenvalue weighted by Crippen LogP contribution is 2.27. The lowest BCUT2D eigenvalue weighted by molar-refractivity contribution is 0.128. The SMILES string of the molecule is O=C(Nc1ccc(Cl)cc1)NC1(CO)CCCCC1. The van der Waals surface area contributed by atoms with Gasteiger partial charge in [0.1, 0.15) is 0 Å². The summed E-state index contributed by atoms with van der Waals surface area (Å²) in [5.74, 6) is 0. The Bertz CT molecular complexity index is 428. The van der Waals surface area contributed by atoms with Crippen LogP contribution in [0.3, 0.4) is 0 Å². The van der Waals surface area contributed by atoms with Gasteiger partial charge in [0.15, 0.2) is 0 Å². The Morgan fingerprint density at radius 3 is 2.42 bits per heavy atom. The summed E-state index contributed by atoms with van der Waals surface area (Å²) in [7, 11) is 0. The van der Waals surface area contributed by atoms with Gasteiger partial charge in [-0.15, -0.1) is 0 Å². The Labute approximate surface area is 118 Å². The summed E-state index contributed by atoms with van der Waals surface area (Å²) in [5, 5.41) is 15.8. The molecule has 5 heteroatoms. The summed E-state index contributed by atoms with van der Waals surface area (Å²) in [5.41, 5.74) is 0.222. The second kappa shape index (κ2) is 6.26. The Balaban J connectivity index is 1.94. The Hall–Kier alpha value is -1.26. The fourth-order valence-electron chi connectivity index (χ4n) is 2.49. The van der Waals surface area contributed by atoms with Crippen LogP contribution in [0.5, 0.6) is 0 Å². The summed E-state index contributed by atoms with van der Waals surface area (Å²) < 4.78 is 0. The minimum Gasteiger partial charge on any atom is -0.394 e. The Morgan fingerprint density at radius 2 is 1.84 bits per heavy atom. The standard InChI is InChI=1S/C14H19ClN2O2/c15-11-4-6-12(7-5-11)16-13(19)17-14(10-18)8-2-1-3-9-14/h4-7,18H,1-3,8-10H2,(H2,16,17,19). The minimum absolute atomic E-state index is 0.0129. The highest BCUT2D eigenvalue weighted by Gasteiger charge is 2.32. The lowest BCUT2D eigenvalue weighted by atomic mass is 9.82. The van der Waals surface area contributed by atoms with Gasteiger partial charge in [-0.2, -0.15) is 0 Å². The van der Waals surface area contributed by atoms with Gasteiger partial charge in [-0.3, -0.25) is 0 Å². The zero-order valence-electron chi connectivity index (χ0n) is 10.8. The molecule has 3 N–H and O–H groups in total. The lowest BCUT2D eigenvalue weighted by Crippen LogP contribution is -2.53. The lowest BCUT2D eigenvalue weighted by Gasteiger charge is -2.36. The van der Waals surface area contributed by atoms with Crippen LogP contribution in [-0.4, -0.2) is 23.3 Å². The molecule has 0 radical (unpaired) electrons. The normalized spacial score (nSPS) is 17.8. The van der Waals surface area contributed by atoms with Gasteiger partial charge >= 0.3 is 6.03 Å². The molecule has 19 heavy (non-hydrogen) atoms. The van der Waals surface area contributed by atoms with E-state index in [4.69, 9.17) is 11.6 Å². The van der Waals surface area contributed by atoms with Crippen LogP contribution in [0.1, 0.15) is 32.1 Å². The number of halogens is 1. The Kier molecular flexibility index (Phi) is 4.66. The summed E-state index contributed by atoms with van der Waals surface area (Å²) >= 11 is 5.79. The van der Waals surface area contributed by atoms with E-state index < -0.39 is 5.54 Å². The maximum Gasteiger partial charge on any atom is 0.319 e. The van der Waals surface area contributed by atoms with Crippen LogP contribution in [0.25, 0.3) is 0 Å². The third kappa shape index (κ3) is 3.85. The minimum atomic E-state index is -0.464. The van der Waals surface area contributed by atoms with E-state index in [1.807, 2.05) is 0 Å². The number of rotatable bonds is 3.